The lowest BCUT2D eigenvalue weighted by Gasteiger charge is -2.10. The van der Waals surface area contributed by atoms with Crippen molar-refractivity contribution >= 4 is 67.8 Å². The Kier molecular flexibility index (Phi) is 14.4. The molecular weight excluding hydrogens is 677 g/mol. The average Bonchev–Trinajstić information content (AvgIpc) is 3.51. The van der Waals surface area contributed by atoms with E-state index in [1.165, 1.54) is 22.7 Å². The van der Waals surface area contributed by atoms with E-state index < -0.39 is 17.9 Å². The van der Waals surface area contributed by atoms with Gasteiger partial charge < -0.3 is 23.7 Å². The smallest absolute Gasteiger partial charge is 0.343 e. The summed E-state index contributed by atoms with van der Waals surface area (Å²) in [6.45, 7) is 9.13. The van der Waals surface area contributed by atoms with Crippen molar-refractivity contribution in [2.24, 2.45) is 0 Å². The van der Waals surface area contributed by atoms with Gasteiger partial charge in [-0.05, 0) is 85.4 Å². The van der Waals surface area contributed by atoms with E-state index in [0.717, 1.165) is 23.6 Å². The highest BCUT2D eigenvalue weighted by atomic mass is 32.2. The highest BCUT2D eigenvalue weighted by Gasteiger charge is 2.19. The van der Waals surface area contributed by atoms with Gasteiger partial charge in [0.05, 0.1) is 40.3 Å². The number of fused-ring (bicyclic) bond motifs is 1. The molecule has 3 aromatic carbocycles. The molecule has 4 rings (SSSR count). The average molecular weight is 711 g/mol. The van der Waals surface area contributed by atoms with Gasteiger partial charge in [0.15, 0.2) is 0 Å². The summed E-state index contributed by atoms with van der Waals surface area (Å²) in [5.74, 6) is -0.350. The molecule has 4 aromatic rings. The fraction of sp³-hybridized carbons (Fsp3) is 0.257. The Morgan fingerprint density at radius 3 is 1.88 bits per heavy atom. The van der Waals surface area contributed by atoms with E-state index >= 15 is 0 Å². The van der Waals surface area contributed by atoms with Gasteiger partial charge >= 0.3 is 17.9 Å². The first-order valence-corrected chi connectivity index (χ1v) is 17.0. The van der Waals surface area contributed by atoms with E-state index in [1.54, 1.807) is 48.5 Å². The molecule has 252 valence electrons. The second-order valence-corrected chi connectivity index (χ2v) is 13.4. The van der Waals surface area contributed by atoms with Gasteiger partial charge in [-0.2, -0.15) is 0 Å². The molecule has 0 aliphatic rings. The fourth-order valence-electron chi connectivity index (χ4n) is 4.27. The molecular formula is C35H34O10S3. The van der Waals surface area contributed by atoms with E-state index in [2.05, 4.69) is 18.0 Å². The number of hydrogen-bond acceptors (Lipinski definition) is 13. The number of unbranched alkanes of at least 4 members (excludes halogenated alkanes) is 1. The minimum atomic E-state index is -0.563. The van der Waals surface area contributed by atoms with E-state index in [-0.39, 0.29) is 6.61 Å². The Labute approximate surface area is 290 Å². The van der Waals surface area contributed by atoms with Crippen molar-refractivity contribution in [3.05, 3.63) is 99.7 Å². The molecule has 0 spiro atoms. The molecule has 1 N–H and O–H groups in total. The molecule has 0 radical (unpaired) electrons. The molecule has 0 amide bonds. The minimum absolute atomic E-state index is 0.123. The van der Waals surface area contributed by atoms with Gasteiger partial charge in [0.2, 0.25) is 0 Å². The zero-order valence-electron chi connectivity index (χ0n) is 26.0. The van der Waals surface area contributed by atoms with Crippen LogP contribution >= 0.6 is 34.9 Å². The van der Waals surface area contributed by atoms with Crippen molar-refractivity contribution in [3.8, 4) is 17.2 Å². The van der Waals surface area contributed by atoms with E-state index in [4.69, 9.17) is 41.2 Å². The summed E-state index contributed by atoms with van der Waals surface area (Å²) in [4.78, 5) is 41.1. The first kappa shape index (κ1) is 36.6. The number of carbonyl (C=O) groups is 3. The quantitative estimate of drug-likeness (QED) is 0.0192. The van der Waals surface area contributed by atoms with Crippen LogP contribution < -0.4 is 14.2 Å². The summed E-state index contributed by atoms with van der Waals surface area (Å²) in [5, 5.41) is 8.32. The van der Waals surface area contributed by atoms with Crippen molar-refractivity contribution in [2.45, 2.75) is 25.7 Å². The second-order valence-electron chi connectivity index (χ2n) is 10.1. The summed E-state index contributed by atoms with van der Waals surface area (Å²) in [5.41, 5.74) is 2.50. The van der Waals surface area contributed by atoms with Gasteiger partial charge in [0, 0.05) is 12.7 Å². The Hall–Kier alpha value is -4.24. The zero-order chi connectivity index (χ0) is 34.3. The molecule has 0 unspecified atom stereocenters. The van der Waals surface area contributed by atoms with Gasteiger partial charge in [-0.15, -0.1) is 22.7 Å². The largest absolute Gasteiger partial charge is 0.494 e. The third kappa shape index (κ3) is 10.9. The van der Waals surface area contributed by atoms with E-state index in [0.29, 0.717) is 86.6 Å². The molecule has 0 fully saturated rings. The number of ether oxygens (including phenoxy) is 5. The van der Waals surface area contributed by atoms with Crippen molar-refractivity contribution in [2.75, 3.05) is 33.0 Å². The van der Waals surface area contributed by atoms with Crippen LogP contribution in [-0.4, -0.2) is 56.2 Å². The molecule has 48 heavy (non-hydrogen) atoms. The zero-order valence-corrected chi connectivity index (χ0v) is 28.4. The topological polar surface area (TPSA) is 127 Å². The summed E-state index contributed by atoms with van der Waals surface area (Å²) >= 11 is 7.95. The number of esters is 3. The van der Waals surface area contributed by atoms with E-state index in [9.17, 15) is 14.4 Å². The van der Waals surface area contributed by atoms with Crippen LogP contribution in [0.1, 0.15) is 52.0 Å². The molecule has 0 saturated heterocycles. The number of hydrogen-bond donors (Lipinski definition) is 1. The highest BCUT2D eigenvalue weighted by Crippen LogP contribution is 2.42. The summed E-state index contributed by atoms with van der Waals surface area (Å²) in [6.07, 6.45) is 3.92. The monoisotopic (exact) mass is 710 g/mol. The molecule has 0 atom stereocenters. The Balaban J connectivity index is 1.32. The molecule has 0 aliphatic carbocycles. The fourth-order valence-corrected chi connectivity index (χ4v) is 6.83. The second kappa shape index (κ2) is 18.9. The summed E-state index contributed by atoms with van der Waals surface area (Å²) < 4.78 is 29.2. The number of allylic oxidation sites excluding steroid dienone is 1. The Morgan fingerprint density at radius 2 is 1.29 bits per heavy atom. The molecule has 0 aliphatic heterocycles. The van der Waals surface area contributed by atoms with Crippen LogP contribution in [0.5, 0.6) is 17.2 Å². The van der Waals surface area contributed by atoms with Crippen LogP contribution in [0, 0.1) is 3.14 Å². The van der Waals surface area contributed by atoms with Crippen molar-refractivity contribution < 1.29 is 48.2 Å². The lowest BCUT2D eigenvalue weighted by molar-refractivity contribution is -0.249. The van der Waals surface area contributed by atoms with Crippen LogP contribution in [0.3, 0.4) is 0 Å². The van der Waals surface area contributed by atoms with Crippen molar-refractivity contribution in [3.63, 3.8) is 0 Å². The van der Waals surface area contributed by atoms with Crippen LogP contribution in [0.25, 0.3) is 15.0 Å². The molecule has 0 saturated carbocycles. The third-order valence-electron chi connectivity index (χ3n) is 6.74. The van der Waals surface area contributed by atoms with Crippen molar-refractivity contribution in [1.82, 2.24) is 0 Å². The van der Waals surface area contributed by atoms with Gasteiger partial charge in [-0.1, -0.05) is 37.5 Å². The Morgan fingerprint density at radius 1 is 0.729 bits per heavy atom. The van der Waals surface area contributed by atoms with Crippen molar-refractivity contribution in [1.29, 1.82) is 0 Å². The predicted molar refractivity (Wildman–Crippen MR) is 187 cm³/mol. The van der Waals surface area contributed by atoms with Crippen LogP contribution in [0.4, 0.5) is 0 Å². The SMILES string of the molecule is C=CC(=O)OCCCCOc1ccc(C(=O)Oc2ccc(OC(=O)c3ccc(C(=C)CCCOCCOO)cc3)c3sc(=S)sc23)cc1. The standard InChI is InChI=1S/C35H34O10S3/c1-3-30(36)42-20-5-4-19-41-27-14-12-26(13-15-27)34(38)45-29-17-16-28(31-32(29)48-35(46)47-31)44-33(37)25-10-8-24(9-11-25)23(2)7-6-18-40-21-22-43-39/h3,8-17,39H,1-2,4-7,18-22H2. The lowest BCUT2D eigenvalue weighted by Crippen LogP contribution is -2.10. The van der Waals surface area contributed by atoms with Crippen LogP contribution in [-0.2, 0) is 19.2 Å². The number of rotatable bonds is 19. The molecule has 1 aromatic heterocycles. The first-order chi connectivity index (χ1) is 23.3. The number of carbonyl (C=O) groups excluding carboxylic acids is 3. The lowest BCUT2D eigenvalue weighted by atomic mass is 10.0. The van der Waals surface area contributed by atoms with Gasteiger partial charge in [0.1, 0.15) is 27.0 Å². The van der Waals surface area contributed by atoms with E-state index in [1.807, 2.05) is 12.1 Å². The number of benzene rings is 3. The molecule has 1 heterocycles. The van der Waals surface area contributed by atoms with Crippen LogP contribution in [0.2, 0.25) is 0 Å². The van der Waals surface area contributed by atoms with Crippen LogP contribution in [0.15, 0.2) is 79.9 Å². The Bertz CT molecular complexity index is 1780. The maximum absolute atomic E-state index is 13.0. The van der Waals surface area contributed by atoms with Gasteiger partial charge in [-0.25, -0.2) is 19.3 Å². The minimum Gasteiger partial charge on any atom is -0.494 e. The predicted octanol–water partition coefficient (Wildman–Crippen LogP) is 8.32. The maximum Gasteiger partial charge on any atom is 0.343 e. The molecule has 10 nitrogen and oxygen atoms in total. The van der Waals surface area contributed by atoms with Gasteiger partial charge in [-0.3, -0.25) is 5.26 Å². The molecule has 0 bridgehead atoms. The summed E-state index contributed by atoms with van der Waals surface area (Å²) in [6, 6.07) is 16.7. The normalized spacial score (nSPS) is 10.8. The van der Waals surface area contributed by atoms with Gasteiger partial charge in [0.25, 0.3) is 0 Å². The molecule has 13 heteroatoms. The first-order valence-electron chi connectivity index (χ1n) is 14.9. The summed E-state index contributed by atoms with van der Waals surface area (Å²) in [7, 11) is 0. The maximum atomic E-state index is 13.0. The third-order valence-corrected chi connectivity index (χ3v) is 9.42. The highest BCUT2D eigenvalue weighted by molar-refractivity contribution is 7.77.